The molecule has 0 bridgehead atoms. The molecule has 0 spiro atoms. The first-order valence-corrected chi connectivity index (χ1v) is 10.1. The summed E-state index contributed by atoms with van der Waals surface area (Å²) >= 11 is 1.73. The molecule has 3 rings (SSSR count). The molecule has 0 saturated heterocycles. The Labute approximate surface area is 163 Å². The highest BCUT2D eigenvalue weighted by atomic mass is 32.2. The zero-order valence-electron chi connectivity index (χ0n) is 15.5. The third kappa shape index (κ3) is 5.14. The van der Waals surface area contributed by atoms with Crippen molar-refractivity contribution in [3.05, 3.63) is 66.6 Å². The Kier molecular flexibility index (Phi) is 6.54. The average molecular weight is 382 g/mol. The molecule has 27 heavy (non-hydrogen) atoms. The minimum atomic E-state index is -0.164. The van der Waals surface area contributed by atoms with Gasteiger partial charge in [0.1, 0.15) is 18.7 Å². The van der Waals surface area contributed by atoms with Crippen LogP contribution in [0.3, 0.4) is 0 Å². The van der Waals surface area contributed by atoms with Gasteiger partial charge in [-0.15, -0.1) is 11.8 Å². The maximum absolute atomic E-state index is 12.0. The monoisotopic (exact) mass is 381 g/mol. The fraction of sp³-hybridized carbons (Fsp3) is 0.238. The zero-order chi connectivity index (χ0) is 19.1. The second-order valence-corrected chi connectivity index (χ2v) is 6.94. The van der Waals surface area contributed by atoms with Crippen LogP contribution in [0.2, 0.25) is 0 Å². The van der Waals surface area contributed by atoms with Crippen LogP contribution in [0, 0.1) is 0 Å². The van der Waals surface area contributed by atoms with Crippen molar-refractivity contribution in [3.63, 3.8) is 0 Å². The first kappa shape index (κ1) is 19.0. The van der Waals surface area contributed by atoms with Crippen molar-refractivity contribution in [1.82, 2.24) is 14.9 Å². The number of nitrogens with one attached hydrogen (secondary N) is 1. The van der Waals surface area contributed by atoms with Gasteiger partial charge in [0.2, 0.25) is 0 Å². The normalized spacial score (nSPS) is 10.6. The molecule has 0 unspecified atom stereocenters. The molecule has 1 heterocycles. The van der Waals surface area contributed by atoms with Gasteiger partial charge in [-0.3, -0.25) is 4.57 Å². The smallest absolute Gasteiger partial charge is 0.326 e. The van der Waals surface area contributed by atoms with Crippen LogP contribution in [0.25, 0.3) is 11.3 Å². The van der Waals surface area contributed by atoms with E-state index in [9.17, 15) is 4.79 Å². The number of rotatable bonds is 7. The van der Waals surface area contributed by atoms with Crippen molar-refractivity contribution >= 4 is 17.8 Å². The fourth-order valence-corrected chi connectivity index (χ4v) is 2.92. The molecule has 1 aromatic heterocycles. The largest absolute Gasteiger partial charge is 0.489 e. The summed E-state index contributed by atoms with van der Waals surface area (Å²) in [5.74, 6) is 0.799. The van der Waals surface area contributed by atoms with Crippen molar-refractivity contribution < 1.29 is 9.53 Å². The van der Waals surface area contributed by atoms with Crippen molar-refractivity contribution in [2.24, 2.45) is 0 Å². The Morgan fingerprint density at radius 3 is 2.56 bits per heavy atom. The zero-order valence-corrected chi connectivity index (χ0v) is 16.3. The number of imidazole rings is 1. The molecule has 2 aromatic carbocycles. The summed E-state index contributed by atoms with van der Waals surface area (Å²) in [6.45, 7) is 3.20. The number of aromatic nitrogens is 2. The van der Waals surface area contributed by atoms with Crippen LogP contribution in [-0.4, -0.2) is 28.4 Å². The van der Waals surface area contributed by atoms with Gasteiger partial charge in [0, 0.05) is 23.2 Å². The molecule has 0 fully saturated rings. The Hall–Kier alpha value is -2.73. The lowest BCUT2D eigenvalue weighted by atomic mass is 10.1. The number of hydrogen-bond acceptors (Lipinski definition) is 4. The Balaban J connectivity index is 1.59. The first-order valence-electron chi connectivity index (χ1n) is 8.88. The van der Waals surface area contributed by atoms with E-state index in [1.165, 1.54) is 15.8 Å². The van der Waals surface area contributed by atoms with Crippen molar-refractivity contribution in [1.29, 1.82) is 0 Å². The predicted octanol–water partition coefficient (Wildman–Crippen LogP) is 4.82. The van der Waals surface area contributed by atoms with Gasteiger partial charge in [-0.1, -0.05) is 19.1 Å². The molecule has 0 saturated carbocycles. The van der Waals surface area contributed by atoms with Gasteiger partial charge in [-0.25, -0.2) is 9.78 Å². The van der Waals surface area contributed by atoms with E-state index in [0.29, 0.717) is 13.2 Å². The first-order chi connectivity index (χ1) is 13.2. The van der Waals surface area contributed by atoms with Gasteiger partial charge in [-0.2, -0.15) is 0 Å². The molecule has 3 aromatic rings. The minimum absolute atomic E-state index is 0.164. The SMILES string of the molecule is CCCNC(=O)n1cnc(-c2ccc(OCc3ccc(SC)cc3)cc2)c1. The fourth-order valence-electron chi connectivity index (χ4n) is 2.52. The van der Waals surface area contributed by atoms with Gasteiger partial charge < -0.3 is 10.1 Å². The average Bonchev–Trinajstić information content (AvgIpc) is 3.21. The summed E-state index contributed by atoms with van der Waals surface area (Å²) in [5, 5.41) is 2.82. The molecule has 1 N–H and O–H groups in total. The molecular weight excluding hydrogens is 358 g/mol. The summed E-state index contributed by atoms with van der Waals surface area (Å²) in [4.78, 5) is 17.5. The predicted molar refractivity (Wildman–Crippen MR) is 109 cm³/mol. The third-order valence-corrected chi connectivity index (χ3v) is 4.80. The van der Waals surface area contributed by atoms with Crippen molar-refractivity contribution in [3.8, 4) is 17.0 Å². The number of ether oxygens (including phenoxy) is 1. The van der Waals surface area contributed by atoms with E-state index in [0.717, 1.165) is 29.0 Å². The van der Waals surface area contributed by atoms with Crippen LogP contribution < -0.4 is 10.1 Å². The number of amides is 1. The summed E-state index contributed by atoms with van der Waals surface area (Å²) in [5.41, 5.74) is 2.82. The summed E-state index contributed by atoms with van der Waals surface area (Å²) in [6, 6.07) is 15.9. The van der Waals surface area contributed by atoms with E-state index in [1.807, 2.05) is 31.2 Å². The van der Waals surface area contributed by atoms with Gasteiger partial charge in [0.25, 0.3) is 0 Å². The van der Waals surface area contributed by atoms with Gasteiger partial charge in [-0.05, 0) is 54.6 Å². The topological polar surface area (TPSA) is 56.2 Å². The summed E-state index contributed by atoms with van der Waals surface area (Å²) in [7, 11) is 0. The van der Waals surface area contributed by atoms with Crippen LogP contribution >= 0.6 is 11.8 Å². The van der Waals surface area contributed by atoms with E-state index in [4.69, 9.17) is 4.74 Å². The van der Waals surface area contributed by atoms with Gasteiger partial charge in [0.05, 0.1) is 5.69 Å². The number of thioether (sulfide) groups is 1. The summed E-state index contributed by atoms with van der Waals surface area (Å²) in [6.07, 6.45) is 6.22. The van der Waals surface area contributed by atoms with Crippen LogP contribution in [0.1, 0.15) is 18.9 Å². The van der Waals surface area contributed by atoms with E-state index < -0.39 is 0 Å². The van der Waals surface area contributed by atoms with Crippen molar-refractivity contribution in [2.75, 3.05) is 12.8 Å². The number of carbonyl (C=O) groups is 1. The number of benzene rings is 2. The molecule has 6 heteroatoms. The molecule has 0 atom stereocenters. The van der Waals surface area contributed by atoms with Crippen LogP contribution in [0.5, 0.6) is 5.75 Å². The van der Waals surface area contributed by atoms with Gasteiger partial charge in [0.15, 0.2) is 0 Å². The van der Waals surface area contributed by atoms with Crippen LogP contribution in [0.4, 0.5) is 4.79 Å². The van der Waals surface area contributed by atoms with Gasteiger partial charge >= 0.3 is 6.03 Å². The molecule has 0 radical (unpaired) electrons. The van der Waals surface area contributed by atoms with E-state index in [1.54, 1.807) is 18.0 Å². The Bertz CT molecular complexity index is 873. The lowest BCUT2D eigenvalue weighted by molar-refractivity contribution is 0.242. The van der Waals surface area contributed by atoms with E-state index >= 15 is 0 Å². The lowest BCUT2D eigenvalue weighted by Gasteiger charge is -2.07. The molecule has 1 amide bonds. The standard InChI is InChI=1S/C21H23N3O2S/c1-3-12-22-21(25)24-13-20(23-15-24)17-6-8-18(9-7-17)26-14-16-4-10-19(27-2)11-5-16/h4-11,13,15H,3,12,14H2,1-2H3,(H,22,25). The number of hydrogen-bond donors (Lipinski definition) is 1. The molecular formula is C21H23N3O2S. The van der Waals surface area contributed by atoms with Crippen molar-refractivity contribution in [2.45, 2.75) is 24.8 Å². The second-order valence-electron chi connectivity index (χ2n) is 6.06. The summed E-state index contributed by atoms with van der Waals surface area (Å²) < 4.78 is 7.31. The number of nitrogens with zero attached hydrogens (tertiary/aromatic N) is 2. The third-order valence-electron chi connectivity index (χ3n) is 4.06. The lowest BCUT2D eigenvalue weighted by Crippen LogP contribution is -2.28. The highest BCUT2D eigenvalue weighted by molar-refractivity contribution is 7.98. The molecule has 0 aliphatic heterocycles. The number of carbonyl (C=O) groups excluding carboxylic acids is 1. The van der Waals surface area contributed by atoms with E-state index in [2.05, 4.69) is 40.8 Å². The molecule has 5 nitrogen and oxygen atoms in total. The molecule has 140 valence electrons. The second kappa shape index (κ2) is 9.28. The molecule has 0 aliphatic carbocycles. The quantitative estimate of drug-likeness (QED) is 0.596. The van der Waals surface area contributed by atoms with Crippen LogP contribution in [0.15, 0.2) is 66.0 Å². The molecule has 0 aliphatic rings. The highest BCUT2D eigenvalue weighted by Gasteiger charge is 2.07. The minimum Gasteiger partial charge on any atom is -0.489 e. The highest BCUT2D eigenvalue weighted by Crippen LogP contribution is 2.22. The maximum Gasteiger partial charge on any atom is 0.326 e. The maximum atomic E-state index is 12.0. The van der Waals surface area contributed by atoms with Crippen LogP contribution in [-0.2, 0) is 6.61 Å². The Morgan fingerprint density at radius 2 is 1.89 bits per heavy atom. The Morgan fingerprint density at radius 1 is 1.15 bits per heavy atom. The van der Waals surface area contributed by atoms with E-state index in [-0.39, 0.29) is 6.03 Å².